The second kappa shape index (κ2) is 6.99. The molecule has 1 aliphatic heterocycles. The fourth-order valence-electron chi connectivity index (χ4n) is 3.18. The summed E-state index contributed by atoms with van der Waals surface area (Å²) in [6, 6.07) is 10.3. The molecule has 2 heterocycles. The van der Waals surface area contributed by atoms with Gasteiger partial charge in [-0.1, -0.05) is 17.3 Å². The molecule has 1 aromatic heterocycles. The Hall–Kier alpha value is -3.35. The van der Waals surface area contributed by atoms with Gasteiger partial charge in [0.15, 0.2) is 0 Å². The summed E-state index contributed by atoms with van der Waals surface area (Å²) in [4.78, 5) is 12.3. The number of rotatable bonds is 4. The van der Waals surface area contributed by atoms with Crippen LogP contribution in [0.5, 0.6) is 5.75 Å². The van der Waals surface area contributed by atoms with Crippen LogP contribution in [0.4, 0.5) is 10.1 Å². The number of fused-ring (bicyclic) bond motifs is 1. The summed E-state index contributed by atoms with van der Waals surface area (Å²) >= 11 is 0. The zero-order chi connectivity index (χ0) is 19.8. The summed E-state index contributed by atoms with van der Waals surface area (Å²) in [6.45, 7) is 5.77. The van der Waals surface area contributed by atoms with Crippen molar-refractivity contribution < 1.29 is 18.4 Å². The summed E-state index contributed by atoms with van der Waals surface area (Å²) in [5.74, 6) is 0.739. The van der Waals surface area contributed by atoms with Gasteiger partial charge in [-0.15, -0.1) is 0 Å². The molecule has 0 spiro atoms. The van der Waals surface area contributed by atoms with Crippen LogP contribution in [-0.4, -0.2) is 11.1 Å². The van der Waals surface area contributed by atoms with Crippen molar-refractivity contribution in [1.29, 1.82) is 0 Å². The average Bonchev–Trinajstić information content (AvgIpc) is 3.00. The third-order valence-electron chi connectivity index (χ3n) is 4.90. The summed E-state index contributed by atoms with van der Waals surface area (Å²) < 4.78 is 24.7. The Morgan fingerprint density at radius 2 is 1.89 bits per heavy atom. The van der Waals surface area contributed by atoms with Gasteiger partial charge in [-0.2, -0.15) is 0 Å². The lowest BCUT2D eigenvalue weighted by Crippen LogP contribution is -2.38. The van der Waals surface area contributed by atoms with E-state index in [0.29, 0.717) is 29.2 Å². The first-order valence-electron chi connectivity index (χ1n) is 8.94. The molecule has 0 aliphatic carbocycles. The van der Waals surface area contributed by atoms with Crippen LogP contribution in [-0.2, 0) is 6.61 Å². The fraction of sp³-hybridized carbons (Fsp3) is 0.238. The van der Waals surface area contributed by atoms with E-state index in [-0.39, 0.29) is 5.91 Å². The number of amides is 1. The minimum atomic E-state index is -0.401. The second-order valence-electron chi connectivity index (χ2n) is 6.86. The number of nitrogens with one attached hydrogen (secondary N) is 2. The number of anilines is 1. The molecule has 1 unspecified atom stereocenters. The normalized spacial score (nSPS) is 15.6. The molecule has 3 aromatic rings. The molecule has 4 rings (SSSR count). The van der Waals surface area contributed by atoms with Crippen LogP contribution in [0, 0.1) is 26.6 Å². The monoisotopic (exact) mass is 381 g/mol. The largest absolute Gasteiger partial charge is 0.489 e. The van der Waals surface area contributed by atoms with Crippen LogP contribution >= 0.6 is 0 Å². The summed E-state index contributed by atoms with van der Waals surface area (Å²) in [7, 11) is 0. The van der Waals surface area contributed by atoms with Gasteiger partial charge in [0.2, 0.25) is 0 Å². The molecular weight excluding hydrogens is 361 g/mol. The first kappa shape index (κ1) is 18.0. The molecule has 0 saturated heterocycles. The van der Waals surface area contributed by atoms with Crippen molar-refractivity contribution in [2.75, 3.05) is 5.32 Å². The highest BCUT2D eigenvalue weighted by atomic mass is 19.1. The van der Waals surface area contributed by atoms with Gasteiger partial charge >= 0.3 is 0 Å². The zero-order valence-electron chi connectivity index (χ0n) is 15.8. The van der Waals surface area contributed by atoms with E-state index in [1.807, 2.05) is 38.1 Å². The molecule has 0 bridgehead atoms. The van der Waals surface area contributed by atoms with Gasteiger partial charge in [0.25, 0.3) is 5.91 Å². The van der Waals surface area contributed by atoms with E-state index in [1.165, 1.54) is 6.07 Å². The number of hydrogen-bond acceptors (Lipinski definition) is 5. The van der Waals surface area contributed by atoms with Crippen LogP contribution in [0.15, 0.2) is 40.9 Å². The highest BCUT2D eigenvalue weighted by Crippen LogP contribution is 2.29. The third-order valence-corrected chi connectivity index (χ3v) is 4.90. The molecule has 2 aromatic carbocycles. The van der Waals surface area contributed by atoms with Gasteiger partial charge in [0, 0.05) is 5.69 Å². The number of halogens is 1. The Morgan fingerprint density at radius 3 is 2.57 bits per heavy atom. The van der Waals surface area contributed by atoms with Crippen LogP contribution in [0.1, 0.15) is 44.7 Å². The smallest absolute Gasteiger partial charge is 0.255 e. The van der Waals surface area contributed by atoms with Crippen molar-refractivity contribution in [1.82, 2.24) is 10.5 Å². The van der Waals surface area contributed by atoms with Crippen LogP contribution in [0.3, 0.4) is 0 Å². The number of benzene rings is 2. The van der Waals surface area contributed by atoms with E-state index in [1.54, 1.807) is 13.0 Å². The topological polar surface area (TPSA) is 76.4 Å². The Bertz CT molecular complexity index is 1020. The molecule has 1 amide bonds. The standard InChI is InChI=1S/C21H20FN3O3/c1-11-8-19-16(9-18(11)22)21(26)24-20(23-19)14-4-6-15(7-5-14)27-10-17-12(2)25-28-13(17)3/h4-9,20,23H,10H2,1-3H3,(H,24,26). The van der Waals surface area contributed by atoms with Crippen LogP contribution in [0.25, 0.3) is 0 Å². The lowest BCUT2D eigenvalue weighted by atomic mass is 10.0. The van der Waals surface area contributed by atoms with Gasteiger partial charge in [0.1, 0.15) is 30.1 Å². The number of aromatic nitrogens is 1. The summed E-state index contributed by atoms with van der Waals surface area (Å²) in [5.41, 5.74) is 4.02. The van der Waals surface area contributed by atoms with E-state index in [4.69, 9.17) is 9.26 Å². The second-order valence-corrected chi connectivity index (χ2v) is 6.86. The van der Waals surface area contributed by atoms with E-state index >= 15 is 0 Å². The maximum absolute atomic E-state index is 13.7. The maximum atomic E-state index is 13.7. The molecule has 6 nitrogen and oxygen atoms in total. The number of aryl methyl sites for hydroxylation is 3. The van der Waals surface area contributed by atoms with Crippen LogP contribution in [0.2, 0.25) is 0 Å². The zero-order valence-corrected chi connectivity index (χ0v) is 15.8. The van der Waals surface area contributed by atoms with Crippen molar-refractivity contribution in [2.45, 2.75) is 33.5 Å². The molecule has 0 fully saturated rings. The average molecular weight is 381 g/mol. The quantitative estimate of drug-likeness (QED) is 0.709. The Kier molecular flexibility index (Phi) is 4.50. The van der Waals surface area contributed by atoms with Crippen LogP contribution < -0.4 is 15.4 Å². The van der Waals surface area contributed by atoms with Gasteiger partial charge in [-0.25, -0.2) is 4.39 Å². The Morgan fingerprint density at radius 1 is 1.14 bits per heavy atom. The highest BCUT2D eigenvalue weighted by Gasteiger charge is 2.25. The fourth-order valence-corrected chi connectivity index (χ4v) is 3.18. The van der Waals surface area contributed by atoms with Gasteiger partial charge in [-0.3, -0.25) is 4.79 Å². The Labute approximate surface area is 161 Å². The molecule has 1 aliphatic rings. The lowest BCUT2D eigenvalue weighted by Gasteiger charge is -2.28. The molecule has 0 saturated carbocycles. The minimum Gasteiger partial charge on any atom is -0.489 e. The predicted octanol–water partition coefficient (Wildman–Crippen LogP) is 4.17. The third kappa shape index (κ3) is 3.31. The van der Waals surface area contributed by atoms with Gasteiger partial charge in [-0.05, 0) is 56.2 Å². The maximum Gasteiger partial charge on any atom is 0.255 e. The summed E-state index contributed by atoms with van der Waals surface area (Å²) in [6.07, 6.45) is -0.401. The van der Waals surface area contributed by atoms with E-state index in [9.17, 15) is 9.18 Å². The van der Waals surface area contributed by atoms with Crippen molar-refractivity contribution in [3.05, 3.63) is 75.9 Å². The molecular formula is C21H20FN3O3. The molecule has 144 valence electrons. The van der Waals surface area contributed by atoms with E-state index in [0.717, 1.165) is 22.6 Å². The van der Waals surface area contributed by atoms with E-state index < -0.39 is 12.0 Å². The number of hydrogen-bond donors (Lipinski definition) is 2. The Balaban J connectivity index is 1.48. The van der Waals surface area contributed by atoms with Crippen molar-refractivity contribution >= 4 is 11.6 Å². The molecule has 2 N–H and O–H groups in total. The molecule has 7 heteroatoms. The number of ether oxygens (including phenoxy) is 1. The van der Waals surface area contributed by atoms with Crippen molar-refractivity contribution in [2.24, 2.45) is 0 Å². The van der Waals surface area contributed by atoms with Gasteiger partial charge in [0.05, 0.1) is 16.8 Å². The predicted molar refractivity (Wildman–Crippen MR) is 102 cm³/mol. The minimum absolute atomic E-state index is 0.304. The van der Waals surface area contributed by atoms with Crippen molar-refractivity contribution in [3.63, 3.8) is 0 Å². The lowest BCUT2D eigenvalue weighted by molar-refractivity contribution is 0.0935. The van der Waals surface area contributed by atoms with Crippen molar-refractivity contribution in [3.8, 4) is 5.75 Å². The van der Waals surface area contributed by atoms with Gasteiger partial charge < -0.3 is 19.9 Å². The SMILES string of the molecule is Cc1cc2c(cc1F)C(=O)NC(c1ccc(OCc3c(C)noc3C)cc1)N2. The number of nitrogens with zero attached hydrogens (tertiary/aromatic N) is 1. The van der Waals surface area contributed by atoms with E-state index in [2.05, 4.69) is 15.8 Å². The molecule has 28 heavy (non-hydrogen) atoms. The molecule has 0 radical (unpaired) electrons. The first-order chi connectivity index (χ1) is 13.4. The number of carbonyl (C=O) groups is 1. The molecule has 1 atom stereocenters. The highest BCUT2D eigenvalue weighted by molar-refractivity contribution is 6.01. The number of carbonyl (C=O) groups excluding carboxylic acids is 1. The summed E-state index contributed by atoms with van der Waals surface area (Å²) in [5, 5.41) is 10.0. The first-order valence-corrected chi connectivity index (χ1v) is 8.94.